The number of carbonyl (C=O) groups is 1. The monoisotopic (exact) mass is 487 g/mol. The Labute approximate surface area is 202 Å². The van der Waals surface area contributed by atoms with Crippen molar-refractivity contribution >= 4 is 5.97 Å². The number of benzene rings is 2. The van der Waals surface area contributed by atoms with Crippen molar-refractivity contribution in [2.24, 2.45) is 0 Å². The first-order chi connectivity index (χ1) is 16.7. The lowest BCUT2D eigenvalue weighted by molar-refractivity contribution is -0.140. The molecule has 0 saturated heterocycles. The standard InChI is InChI=1S/C27H28F3NO4/c1-18-16-22(10-7-20(18)8-12-26(32)33-3)34-15-13-19(2)35-25-11-9-21(27(28,29)30)17-23(25)24-6-4-5-14-31-24/h4-7,9-11,14,16-17,19H,8,12-13,15H2,1-3H3. The van der Waals surface area contributed by atoms with Gasteiger partial charge in [-0.2, -0.15) is 13.2 Å². The smallest absolute Gasteiger partial charge is 0.416 e. The first kappa shape index (κ1) is 26.1. The summed E-state index contributed by atoms with van der Waals surface area (Å²) in [5.41, 5.74) is 1.99. The molecule has 1 atom stereocenters. The second-order valence-electron chi connectivity index (χ2n) is 8.15. The Morgan fingerprint density at radius 1 is 1.09 bits per heavy atom. The number of halogens is 3. The van der Waals surface area contributed by atoms with E-state index >= 15 is 0 Å². The second kappa shape index (κ2) is 11.7. The van der Waals surface area contributed by atoms with Gasteiger partial charge < -0.3 is 14.2 Å². The van der Waals surface area contributed by atoms with Crippen LogP contribution in [-0.4, -0.2) is 30.8 Å². The molecule has 2 aromatic carbocycles. The van der Waals surface area contributed by atoms with Crippen LogP contribution >= 0.6 is 0 Å². The third kappa shape index (κ3) is 7.47. The molecule has 0 bridgehead atoms. The number of methoxy groups -OCH3 is 1. The first-order valence-electron chi connectivity index (χ1n) is 11.3. The molecule has 5 nitrogen and oxygen atoms in total. The number of hydrogen-bond acceptors (Lipinski definition) is 5. The van der Waals surface area contributed by atoms with Crippen LogP contribution < -0.4 is 9.47 Å². The van der Waals surface area contributed by atoms with Gasteiger partial charge in [0, 0.05) is 24.6 Å². The summed E-state index contributed by atoms with van der Waals surface area (Å²) in [6.45, 7) is 4.15. The highest BCUT2D eigenvalue weighted by Gasteiger charge is 2.31. The number of esters is 1. The Morgan fingerprint density at radius 3 is 2.54 bits per heavy atom. The summed E-state index contributed by atoms with van der Waals surface area (Å²) in [4.78, 5) is 15.5. The van der Waals surface area contributed by atoms with Gasteiger partial charge in [-0.1, -0.05) is 12.1 Å². The fourth-order valence-electron chi connectivity index (χ4n) is 3.53. The number of aromatic nitrogens is 1. The number of pyridine rings is 1. The van der Waals surface area contributed by atoms with Crippen molar-refractivity contribution in [2.75, 3.05) is 13.7 Å². The number of alkyl halides is 3. The normalized spacial score (nSPS) is 12.2. The number of ether oxygens (including phenoxy) is 3. The maximum Gasteiger partial charge on any atom is 0.416 e. The third-order valence-corrected chi connectivity index (χ3v) is 5.51. The van der Waals surface area contributed by atoms with Crippen LogP contribution in [0, 0.1) is 6.92 Å². The zero-order valence-electron chi connectivity index (χ0n) is 19.9. The van der Waals surface area contributed by atoms with Crippen LogP contribution in [0.1, 0.15) is 36.5 Å². The van der Waals surface area contributed by atoms with Crippen molar-refractivity contribution in [3.8, 4) is 22.8 Å². The lowest BCUT2D eigenvalue weighted by Crippen LogP contribution is -2.17. The minimum absolute atomic E-state index is 0.252. The van der Waals surface area contributed by atoms with E-state index in [2.05, 4.69) is 9.72 Å². The van der Waals surface area contributed by atoms with Gasteiger partial charge in [-0.3, -0.25) is 9.78 Å². The second-order valence-corrected chi connectivity index (χ2v) is 8.15. The summed E-state index contributed by atoms with van der Waals surface area (Å²) in [6.07, 6.45) is -1.82. The van der Waals surface area contributed by atoms with Crippen molar-refractivity contribution < 1.29 is 32.2 Å². The molecule has 3 rings (SSSR count). The SMILES string of the molecule is COC(=O)CCc1ccc(OCCC(C)Oc2ccc(C(F)(F)F)cc2-c2ccccn2)cc1C. The predicted octanol–water partition coefficient (Wildman–Crippen LogP) is 6.42. The van der Waals surface area contributed by atoms with Crippen molar-refractivity contribution in [2.45, 2.75) is 45.4 Å². The van der Waals surface area contributed by atoms with Crippen LogP contribution in [0.4, 0.5) is 13.2 Å². The predicted molar refractivity (Wildman–Crippen MR) is 126 cm³/mol. The van der Waals surface area contributed by atoms with Gasteiger partial charge in [0.15, 0.2) is 0 Å². The summed E-state index contributed by atoms with van der Waals surface area (Å²) in [5.74, 6) is 0.771. The molecule has 0 N–H and O–H groups in total. The van der Waals surface area contributed by atoms with Gasteiger partial charge in [-0.05, 0) is 73.9 Å². The highest BCUT2D eigenvalue weighted by molar-refractivity contribution is 5.69. The summed E-state index contributed by atoms with van der Waals surface area (Å²) in [7, 11) is 1.37. The third-order valence-electron chi connectivity index (χ3n) is 5.51. The number of nitrogens with zero attached hydrogens (tertiary/aromatic N) is 1. The van der Waals surface area contributed by atoms with Crippen LogP contribution in [0.2, 0.25) is 0 Å². The fourth-order valence-corrected chi connectivity index (χ4v) is 3.53. The van der Waals surface area contributed by atoms with Gasteiger partial charge in [0.25, 0.3) is 0 Å². The Kier molecular flexibility index (Phi) is 8.73. The molecular formula is C27H28F3NO4. The molecule has 0 aliphatic carbocycles. The van der Waals surface area contributed by atoms with Gasteiger partial charge in [-0.25, -0.2) is 0 Å². The van der Waals surface area contributed by atoms with Gasteiger partial charge in [0.1, 0.15) is 11.5 Å². The van der Waals surface area contributed by atoms with Gasteiger partial charge >= 0.3 is 12.1 Å². The molecule has 0 aliphatic rings. The first-order valence-corrected chi connectivity index (χ1v) is 11.3. The number of carbonyl (C=O) groups excluding carboxylic acids is 1. The highest BCUT2D eigenvalue weighted by atomic mass is 19.4. The highest BCUT2D eigenvalue weighted by Crippen LogP contribution is 2.37. The van der Waals surface area contributed by atoms with Crippen LogP contribution in [-0.2, 0) is 22.1 Å². The minimum Gasteiger partial charge on any atom is -0.493 e. The fraction of sp³-hybridized carbons (Fsp3) is 0.333. The Morgan fingerprint density at radius 2 is 1.89 bits per heavy atom. The van der Waals surface area contributed by atoms with Gasteiger partial charge in [-0.15, -0.1) is 0 Å². The molecule has 1 aromatic heterocycles. The number of aryl methyl sites for hydroxylation is 2. The zero-order valence-corrected chi connectivity index (χ0v) is 19.9. The van der Waals surface area contributed by atoms with Gasteiger partial charge in [0.05, 0.1) is 31.1 Å². The molecule has 3 aromatic rings. The van der Waals surface area contributed by atoms with E-state index in [0.29, 0.717) is 43.1 Å². The van der Waals surface area contributed by atoms with E-state index < -0.39 is 11.7 Å². The molecule has 1 heterocycles. The van der Waals surface area contributed by atoms with Crippen molar-refractivity contribution in [1.29, 1.82) is 0 Å². The quantitative estimate of drug-likeness (QED) is 0.309. The summed E-state index contributed by atoms with van der Waals surface area (Å²) in [6, 6.07) is 14.1. The molecule has 0 spiro atoms. The lowest BCUT2D eigenvalue weighted by atomic mass is 10.0. The summed E-state index contributed by atoms with van der Waals surface area (Å²) in [5, 5.41) is 0. The summed E-state index contributed by atoms with van der Waals surface area (Å²) < 4.78 is 56.3. The minimum atomic E-state index is -4.46. The topological polar surface area (TPSA) is 57.7 Å². The molecule has 0 saturated carbocycles. The van der Waals surface area contributed by atoms with Crippen LogP contribution in [0.15, 0.2) is 60.8 Å². The molecular weight excluding hydrogens is 459 g/mol. The van der Waals surface area contributed by atoms with E-state index in [1.165, 1.54) is 19.4 Å². The van der Waals surface area contributed by atoms with Crippen LogP contribution in [0.25, 0.3) is 11.3 Å². The summed E-state index contributed by atoms with van der Waals surface area (Å²) >= 11 is 0. The maximum absolute atomic E-state index is 13.3. The molecule has 0 fully saturated rings. The molecule has 35 heavy (non-hydrogen) atoms. The van der Waals surface area contributed by atoms with Crippen molar-refractivity contribution in [3.63, 3.8) is 0 Å². The van der Waals surface area contributed by atoms with E-state index in [-0.39, 0.29) is 17.6 Å². The van der Waals surface area contributed by atoms with E-state index in [0.717, 1.165) is 23.3 Å². The zero-order chi connectivity index (χ0) is 25.4. The average Bonchev–Trinajstić information content (AvgIpc) is 2.83. The maximum atomic E-state index is 13.3. The lowest BCUT2D eigenvalue weighted by Gasteiger charge is -2.19. The molecule has 8 heteroatoms. The van der Waals surface area contributed by atoms with Crippen LogP contribution in [0.5, 0.6) is 11.5 Å². The van der Waals surface area contributed by atoms with Crippen molar-refractivity contribution in [1.82, 2.24) is 4.98 Å². The van der Waals surface area contributed by atoms with E-state index in [4.69, 9.17) is 9.47 Å². The number of hydrogen-bond donors (Lipinski definition) is 0. The van der Waals surface area contributed by atoms with E-state index in [9.17, 15) is 18.0 Å². The van der Waals surface area contributed by atoms with Crippen LogP contribution in [0.3, 0.4) is 0 Å². The number of rotatable bonds is 10. The Balaban J connectivity index is 1.61. The Hall–Kier alpha value is -3.55. The van der Waals surface area contributed by atoms with Crippen molar-refractivity contribution in [3.05, 3.63) is 77.5 Å². The largest absolute Gasteiger partial charge is 0.493 e. The molecule has 186 valence electrons. The molecule has 0 amide bonds. The molecule has 0 aliphatic heterocycles. The Bertz CT molecular complexity index is 1130. The van der Waals surface area contributed by atoms with Gasteiger partial charge in [0.2, 0.25) is 0 Å². The van der Waals surface area contributed by atoms with E-state index in [1.807, 2.05) is 32.0 Å². The molecule has 0 radical (unpaired) electrons. The average molecular weight is 488 g/mol. The van der Waals surface area contributed by atoms with E-state index in [1.54, 1.807) is 18.2 Å². The molecule has 1 unspecified atom stereocenters.